The largest absolute Gasteiger partial charge is 0.353 e. The zero-order chi connectivity index (χ0) is 16.5. The highest BCUT2D eigenvalue weighted by Crippen LogP contribution is 2.16. The number of hydrogen-bond donors (Lipinski definition) is 0. The Balaban J connectivity index is 1.77. The van der Waals surface area contributed by atoms with Gasteiger partial charge in [0.2, 0.25) is 0 Å². The molecule has 0 saturated carbocycles. The average molecular weight is 314 g/mol. The number of hydrogen-bond acceptors (Lipinski definition) is 3. The Morgan fingerprint density at radius 1 is 1.00 bits per heavy atom. The maximum absolute atomic E-state index is 12.2. The fourth-order valence-corrected chi connectivity index (χ4v) is 2.47. The van der Waals surface area contributed by atoms with Crippen molar-refractivity contribution in [2.75, 3.05) is 13.2 Å². The van der Waals surface area contributed by atoms with E-state index < -0.39 is 0 Å². The molecule has 0 saturated heterocycles. The van der Waals surface area contributed by atoms with Gasteiger partial charge in [-0.05, 0) is 30.2 Å². The summed E-state index contributed by atoms with van der Waals surface area (Å²) in [6.45, 7) is 4.76. The maximum atomic E-state index is 12.2. The standard InChI is InChI=1S/C20H26O3/c1-3-4-5-8-13-22-16(2)23-15-20(21)19-12-11-17-9-6-7-10-18(17)14-19/h6-7,9-12,14,16H,3-5,8,13,15H2,1-2H3. The molecular formula is C20H26O3. The van der Waals surface area contributed by atoms with Gasteiger partial charge in [0.15, 0.2) is 12.1 Å². The zero-order valence-electron chi connectivity index (χ0n) is 14.1. The molecule has 0 spiro atoms. The van der Waals surface area contributed by atoms with Crippen LogP contribution in [-0.2, 0) is 9.47 Å². The summed E-state index contributed by atoms with van der Waals surface area (Å²) in [6.07, 6.45) is 4.33. The summed E-state index contributed by atoms with van der Waals surface area (Å²) in [6, 6.07) is 13.7. The van der Waals surface area contributed by atoms with Crippen molar-refractivity contribution in [3.63, 3.8) is 0 Å². The van der Waals surface area contributed by atoms with Crippen molar-refractivity contribution in [3.8, 4) is 0 Å². The lowest BCUT2D eigenvalue weighted by Gasteiger charge is -2.13. The molecule has 0 bridgehead atoms. The molecule has 1 unspecified atom stereocenters. The fraction of sp³-hybridized carbons (Fsp3) is 0.450. The molecule has 23 heavy (non-hydrogen) atoms. The first-order chi connectivity index (χ1) is 11.2. The van der Waals surface area contributed by atoms with Crippen LogP contribution in [0.1, 0.15) is 49.9 Å². The summed E-state index contributed by atoms with van der Waals surface area (Å²) in [4.78, 5) is 12.2. The minimum atomic E-state index is -0.346. The minimum absolute atomic E-state index is 0.0165. The van der Waals surface area contributed by atoms with E-state index in [0.29, 0.717) is 12.2 Å². The van der Waals surface area contributed by atoms with E-state index in [0.717, 1.165) is 17.2 Å². The Bertz CT molecular complexity index is 621. The first kappa shape index (κ1) is 17.6. The Morgan fingerprint density at radius 2 is 1.78 bits per heavy atom. The number of fused-ring (bicyclic) bond motifs is 1. The zero-order valence-corrected chi connectivity index (χ0v) is 14.1. The summed E-state index contributed by atoms with van der Waals surface area (Å²) in [5.74, 6) is -0.0165. The quantitative estimate of drug-likeness (QED) is 0.352. The van der Waals surface area contributed by atoms with Gasteiger partial charge in [0.05, 0.1) is 0 Å². The molecule has 0 aliphatic heterocycles. The van der Waals surface area contributed by atoms with Crippen LogP contribution in [-0.4, -0.2) is 25.3 Å². The summed E-state index contributed by atoms with van der Waals surface area (Å²) in [5, 5.41) is 2.20. The van der Waals surface area contributed by atoms with E-state index in [4.69, 9.17) is 9.47 Å². The van der Waals surface area contributed by atoms with E-state index in [2.05, 4.69) is 6.92 Å². The second kappa shape index (κ2) is 9.43. The SMILES string of the molecule is CCCCCCOC(C)OCC(=O)c1ccc2ccccc2c1. The van der Waals surface area contributed by atoms with Gasteiger partial charge in [-0.2, -0.15) is 0 Å². The van der Waals surface area contributed by atoms with Crippen LogP contribution in [0, 0.1) is 0 Å². The molecule has 3 heteroatoms. The number of ether oxygens (including phenoxy) is 2. The molecule has 2 rings (SSSR count). The number of rotatable bonds is 10. The van der Waals surface area contributed by atoms with Crippen LogP contribution in [0.2, 0.25) is 0 Å². The summed E-state index contributed by atoms with van der Waals surface area (Å²) in [5.41, 5.74) is 0.679. The van der Waals surface area contributed by atoms with Crippen LogP contribution in [0.3, 0.4) is 0 Å². The van der Waals surface area contributed by atoms with Crippen molar-refractivity contribution in [2.24, 2.45) is 0 Å². The Hall–Kier alpha value is -1.71. The molecule has 0 aliphatic rings. The lowest BCUT2D eigenvalue weighted by Crippen LogP contribution is -2.19. The van der Waals surface area contributed by atoms with Crippen molar-refractivity contribution in [2.45, 2.75) is 45.8 Å². The average Bonchev–Trinajstić information content (AvgIpc) is 2.59. The van der Waals surface area contributed by atoms with Crippen molar-refractivity contribution < 1.29 is 14.3 Å². The number of benzene rings is 2. The van der Waals surface area contributed by atoms with Crippen molar-refractivity contribution >= 4 is 16.6 Å². The Morgan fingerprint density at radius 3 is 2.57 bits per heavy atom. The topological polar surface area (TPSA) is 35.5 Å². The lowest BCUT2D eigenvalue weighted by atomic mass is 10.0. The Kier molecular flexibility index (Phi) is 7.24. The van der Waals surface area contributed by atoms with Gasteiger partial charge in [0, 0.05) is 12.2 Å². The van der Waals surface area contributed by atoms with Gasteiger partial charge in [0.1, 0.15) is 6.61 Å². The van der Waals surface area contributed by atoms with Crippen molar-refractivity contribution in [1.82, 2.24) is 0 Å². The molecule has 0 N–H and O–H groups in total. The summed E-state index contributed by atoms with van der Waals surface area (Å²) in [7, 11) is 0. The number of ketones is 1. The van der Waals surface area contributed by atoms with E-state index >= 15 is 0 Å². The maximum Gasteiger partial charge on any atom is 0.188 e. The van der Waals surface area contributed by atoms with Gasteiger partial charge in [-0.1, -0.05) is 62.6 Å². The van der Waals surface area contributed by atoms with Crippen molar-refractivity contribution in [1.29, 1.82) is 0 Å². The van der Waals surface area contributed by atoms with Crippen LogP contribution in [0.25, 0.3) is 10.8 Å². The van der Waals surface area contributed by atoms with Gasteiger partial charge in [-0.15, -0.1) is 0 Å². The molecule has 0 aromatic heterocycles. The smallest absolute Gasteiger partial charge is 0.188 e. The number of Topliss-reactive ketones (excluding diaryl/α,β-unsaturated/α-hetero) is 1. The number of unbranched alkanes of at least 4 members (excludes halogenated alkanes) is 3. The Labute approximate surface area is 138 Å². The summed E-state index contributed by atoms with van der Waals surface area (Å²) >= 11 is 0. The van der Waals surface area contributed by atoms with Crippen LogP contribution in [0.5, 0.6) is 0 Å². The van der Waals surface area contributed by atoms with E-state index in [9.17, 15) is 4.79 Å². The fourth-order valence-electron chi connectivity index (χ4n) is 2.47. The lowest BCUT2D eigenvalue weighted by molar-refractivity contribution is -0.123. The predicted molar refractivity (Wildman–Crippen MR) is 93.8 cm³/mol. The number of carbonyl (C=O) groups is 1. The molecule has 0 aliphatic carbocycles. The van der Waals surface area contributed by atoms with Gasteiger partial charge in [-0.3, -0.25) is 4.79 Å². The second-order valence-electron chi connectivity index (χ2n) is 5.80. The van der Waals surface area contributed by atoms with Crippen LogP contribution >= 0.6 is 0 Å². The van der Waals surface area contributed by atoms with Gasteiger partial charge >= 0.3 is 0 Å². The molecule has 3 nitrogen and oxygen atoms in total. The van der Waals surface area contributed by atoms with E-state index in [1.54, 1.807) is 0 Å². The number of carbonyl (C=O) groups excluding carboxylic acids is 1. The van der Waals surface area contributed by atoms with Gasteiger partial charge in [-0.25, -0.2) is 0 Å². The van der Waals surface area contributed by atoms with Gasteiger partial charge in [0.25, 0.3) is 0 Å². The third-order valence-corrected chi connectivity index (χ3v) is 3.87. The van der Waals surface area contributed by atoms with E-state index in [1.165, 1.54) is 19.3 Å². The normalized spacial score (nSPS) is 12.4. The first-order valence-corrected chi connectivity index (χ1v) is 8.46. The first-order valence-electron chi connectivity index (χ1n) is 8.46. The molecule has 2 aromatic rings. The summed E-state index contributed by atoms with van der Waals surface area (Å²) < 4.78 is 11.1. The molecule has 0 heterocycles. The third kappa shape index (κ3) is 5.77. The third-order valence-electron chi connectivity index (χ3n) is 3.87. The predicted octanol–water partition coefficient (Wildman–Crippen LogP) is 4.98. The molecule has 0 radical (unpaired) electrons. The highest BCUT2D eigenvalue weighted by Gasteiger charge is 2.10. The van der Waals surface area contributed by atoms with Crippen molar-refractivity contribution in [3.05, 3.63) is 48.0 Å². The van der Waals surface area contributed by atoms with Gasteiger partial charge < -0.3 is 9.47 Å². The van der Waals surface area contributed by atoms with Crippen LogP contribution < -0.4 is 0 Å². The molecule has 0 amide bonds. The molecular weight excluding hydrogens is 288 g/mol. The molecule has 124 valence electrons. The molecule has 0 fully saturated rings. The van der Waals surface area contributed by atoms with Crippen LogP contribution in [0.4, 0.5) is 0 Å². The van der Waals surface area contributed by atoms with E-state index in [1.807, 2.05) is 49.4 Å². The monoisotopic (exact) mass is 314 g/mol. The van der Waals surface area contributed by atoms with E-state index in [-0.39, 0.29) is 18.7 Å². The molecule has 2 aromatic carbocycles. The highest BCUT2D eigenvalue weighted by atomic mass is 16.7. The highest BCUT2D eigenvalue weighted by molar-refractivity contribution is 6.00. The minimum Gasteiger partial charge on any atom is -0.353 e. The molecule has 1 atom stereocenters. The second-order valence-corrected chi connectivity index (χ2v) is 5.80. The van der Waals surface area contributed by atoms with Crippen LogP contribution in [0.15, 0.2) is 42.5 Å².